The summed E-state index contributed by atoms with van der Waals surface area (Å²) >= 11 is 0. The highest BCUT2D eigenvalue weighted by Gasteiger charge is 2.12. The van der Waals surface area contributed by atoms with Gasteiger partial charge in [-0.3, -0.25) is 4.79 Å². The number of aromatic nitrogens is 2. The van der Waals surface area contributed by atoms with Crippen LogP contribution in [0, 0.1) is 31.0 Å². The zero-order chi connectivity index (χ0) is 13.3. The summed E-state index contributed by atoms with van der Waals surface area (Å²) < 4.78 is 14.0. The van der Waals surface area contributed by atoms with Gasteiger partial charge in [0.2, 0.25) is 0 Å². The van der Waals surface area contributed by atoms with Crippen molar-refractivity contribution in [2.45, 2.75) is 13.8 Å². The van der Waals surface area contributed by atoms with E-state index in [4.69, 9.17) is 5.26 Å². The Morgan fingerprint density at radius 1 is 1.28 bits per heavy atom. The molecule has 1 aromatic heterocycles. The van der Waals surface area contributed by atoms with Gasteiger partial charge in [0.25, 0.3) is 5.56 Å². The van der Waals surface area contributed by atoms with E-state index >= 15 is 0 Å². The molecule has 0 N–H and O–H groups in total. The van der Waals surface area contributed by atoms with Gasteiger partial charge >= 0.3 is 0 Å². The molecule has 0 fully saturated rings. The Morgan fingerprint density at radius 2 is 1.89 bits per heavy atom. The first-order valence-corrected chi connectivity index (χ1v) is 5.31. The van der Waals surface area contributed by atoms with Crippen LogP contribution in [0.15, 0.2) is 29.1 Å². The molecule has 0 saturated heterocycles. The standard InChI is InChI=1S/C13H10FN3O/c1-8-12(7-15)9(2)16-17(13(8)18)11-5-3-10(14)4-6-11/h3-6H,1-2H3. The summed E-state index contributed by atoms with van der Waals surface area (Å²) in [5, 5.41) is 13.0. The number of halogens is 1. The lowest BCUT2D eigenvalue weighted by Gasteiger charge is -2.08. The number of nitrogens with zero attached hydrogens (tertiary/aromatic N) is 3. The number of aryl methyl sites for hydroxylation is 1. The molecule has 0 unspecified atom stereocenters. The Hall–Kier alpha value is -2.48. The van der Waals surface area contributed by atoms with E-state index in [1.54, 1.807) is 13.8 Å². The van der Waals surface area contributed by atoms with Crippen LogP contribution in [0.4, 0.5) is 4.39 Å². The van der Waals surface area contributed by atoms with E-state index in [2.05, 4.69) is 5.10 Å². The van der Waals surface area contributed by atoms with E-state index in [9.17, 15) is 9.18 Å². The molecule has 0 saturated carbocycles. The second kappa shape index (κ2) is 4.41. The zero-order valence-electron chi connectivity index (χ0n) is 9.94. The van der Waals surface area contributed by atoms with Gasteiger partial charge in [0.1, 0.15) is 11.9 Å². The Balaban J connectivity index is 2.71. The summed E-state index contributed by atoms with van der Waals surface area (Å²) in [6.45, 7) is 3.24. The van der Waals surface area contributed by atoms with E-state index in [-0.39, 0.29) is 11.4 Å². The predicted octanol–water partition coefficient (Wildman–Crippen LogP) is 1.86. The number of benzene rings is 1. The van der Waals surface area contributed by atoms with Gasteiger partial charge in [-0.15, -0.1) is 0 Å². The van der Waals surface area contributed by atoms with Crippen molar-refractivity contribution in [1.29, 1.82) is 5.26 Å². The number of rotatable bonds is 1. The quantitative estimate of drug-likeness (QED) is 0.768. The Bertz CT molecular complexity index is 696. The second-order valence-corrected chi connectivity index (χ2v) is 3.89. The van der Waals surface area contributed by atoms with Gasteiger partial charge in [0.05, 0.1) is 16.9 Å². The normalized spacial score (nSPS) is 10.1. The Morgan fingerprint density at radius 3 is 2.44 bits per heavy atom. The molecule has 1 aromatic carbocycles. The van der Waals surface area contributed by atoms with Crippen molar-refractivity contribution in [2.24, 2.45) is 0 Å². The first kappa shape index (κ1) is 12.0. The van der Waals surface area contributed by atoms with Crippen molar-refractivity contribution in [2.75, 3.05) is 0 Å². The summed E-state index contributed by atoms with van der Waals surface area (Å²) in [5.41, 5.74) is 1.20. The fraction of sp³-hybridized carbons (Fsp3) is 0.154. The van der Waals surface area contributed by atoms with Gasteiger partial charge < -0.3 is 0 Å². The fourth-order valence-electron chi connectivity index (χ4n) is 1.70. The molecule has 4 nitrogen and oxygen atoms in total. The molecule has 0 spiro atoms. The summed E-state index contributed by atoms with van der Waals surface area (Å²) in [7, 11) is 0. The lowest BCUT2D eigenvalue weighted by atomic mass is 10.1. The average Bonchev–Trinajstić information content (AvgIpc) is 2.36. The molecular weight excluding hydrogens is 233 g/mol. The van der Waals surface area contributed by atoms with Crippen molar-refractivity contribution >= 4 is 0 Å². The molecule has 0 amide bonds. The minimum atomic E-state index is -0.381. The first-order chi connectivity index (χ1) is 8.54. The van der Waals surface area contributed by atoms with Crippen LogP contribution in [0.5, 0.6) is 0 Å². The van der Waals surface area contributed by atoms with E-state index < -0.39 is 0 Å². The first-order valence-electron chi connectivity index (χ1n) is 5.31. The third kappa shape index (κ3) is 1.89. The lowest BCUT2D eigenvalue weighted by molar-refractivity contribution is 0.626. The van der Waals surface area contributed by atoms with E-state index in [0.29, 0.717) is 22.5 Å². The summed E-state index contributed by atoms with van der Waals surface area (Å²) in [6, 6.07) is 7.40. The monoisotopic (exact) mass is 243 g/mol. The summed E-state index contributed by atoms with van der Waals surface area (Å²) in [5.74, 6) is -0.381. The Kier molecular flexibility index (Phi) is 2.94. The molecule has 0 atom stereocenters. The minimum Gasteiger partial charge on any atom is -0.267 e. The third-order valence-corrected chi connectivity index (χ3v) is 2.68. The van der Waals surface area contributed by atoms with Crippen LogP contribution in [0.25, 0.3) is 5.69 Å². The maximum atomic E-state index is 12.8. The van der Waals surface area contributed by atoms with Crippen LogP contribution in [0.1, 0.15) is 16.8 Å². The van der Waals surface area contributed by atoms with Crippen LogP contribution in [-0.4, -0.2) is 9.78 Å². The molecule has 2 rings (SSSR count). The van der Waals surface area contributed by atoms with E-state index in [1.165, 1.54) is 28.9 Å². The lowest BCUT2D eigenvalue weighted by Crippen LogP contribution is -2.25. The van der Waals surface area contributed by atoms with Gasteiger partial charge in [-0.2, -0.15) is 15.0 Å². The molecular formula is C13H10FN3O. The predicted molar refractivity (Wildman–Crippen MR) is 64.0 cm³/mol. The van der Waals surface area contributed by atoms with Gasteiger partial charge in [0, 0.05) is 5.56 Å². The SMILES string of the molecule is Cc1nn(-c2ccc(F)cc2)c(=O)c(C)c1C#N. The topological polar surface area (TPSA) is 58.7 Å². The molecule has 1 heterocycles. The maximum absolute atomic E-state index is 12.8. The molecule has 0 aliphatic heterocycles. The fourth-order valence-corrected chi connectivity index (χ4v) is 1.70. The van der Waals surface area contributed by atoms with E-state index in [1.807, 2.05) is 6.07 Å². The van der Waals surface area contributed by atoms with Crippen LogP contribution >= 0.6 is 0 Å². The zero-order valence-corrected chi connectivity index (χ0v) is 9.94. The van der Waals surface area contributed by atoms with Gasteiger partial charge in [-0.05, 0) is 38.1 Å². The maximum Gasteiger partial charge on any atom is 0.275 e. The third-order valence-electron chi connectivity index (χ3n) is 2.68. The molecule has 0 aliphatic carbocycles. The molecule has 2 aromatic rings. The average molecular weight is 243 g/mol. The van der Waals surface area contributed by atoms with Crippen molar-refractivity contribution in [3.63, 3.8) is 0 Å². The highest BCUT2D eigenvalue weighted by atomic mass is 19.1. The summed E-state index contributed by atoms with van der Waals surface area (Å²) in [6.07, 6.45) is 0. The smallest absolute Gasteiger partial charge is 0.267 e. The number of hydrogen-bond donors (Lipinski definition) is 0. The van der Waals surface area contributed by atoms with Gasteiger partial charge in [-0.1, -0.05) is 0 Å². The largest absolute Gasteiger partial charge is 0.275 e. The molecule has 18 heavy (non-hydrogen) atoms. The summed E-state index contributed by atoms with van der Waals surface area (Å²) in [4.78, 5) is 12.0. The number of nitriles is 1. The molecule has 0 aliphatic rings. The minimum absolute atomic E-state index is 0.290. The van der Waals surface area contributed by atoms with E-state index in [0.717, 1.165) is 0 Å². The van der Waals surface area contributed by atoms with Gasteiger partial charge in [-0.25, -0.2) is 4.39 Å². The molecule has 90 valence electrons. The van der Waals surface area contributed by atoms with Crippen LogP contribution < -0.4 is 5.56 Å². The molecule has 0 bridgehead atoms. The second-order valence-electron chi connectivity index (χ2n) is 3.89. The molecule has 0 radical (unpaired) electrons. The van der Waals surface area contributed by atoms with Crippen LogP contribution in [-0.2, 0) is 0 Å². The van der Waals surface area contributed by atoms with Gasteiger partial charge in [0.15, 0.2) is 0 Å². The Labute approximate surface area is 103 Å². The van der Waals surface area contributed by atoms with Crippen molar-refractivity contribution in [1.82, 2.24) is 9.78 Å². The molecule has 5 heteroatoms. The highest BCUT2D eigenvalue weighted by Crippen LogP contribution is 2.09. The van der Waals surface area contributed by atoms with Crippen LogP contribution in [0.3, 0.4) is 0 Å². The van der Waals surface area contributed by atoms with Crippen molar-refractivity contribution in [3.8, 4) is 11.8 Å². The van der Waals surface area contributed by atoms with Crippen molar-refractivity contribution in [3.05, 3.63) is 57.3 Å². The van der Waals surface area contributed by atoms with Crippen molar-refractivity contribution < 1.29 is 4.39 Å². The number of hydrogen-bond acceptors (Lipinski definition) is 3. The highest BCUT2D eigenvalue weighted by molar-refractivity contribution is 5.40. The van der Waals surface area contributed by atoms with Crippen LogP contribution in [0.2, 0.25) is 0 Å².